The Morgan fingerprint density at radius 3 is 2.23 bits per heavy atom. The summed E-state index contributed by atoms with van der Waals surface area (Å²) >= 11 is 2.73. The van der Waals surface area contributed by atoms with Gasteiger partial charge in [0, 0.05) is 27.1 Å². The molecule has 1 heterocycles. The van der Waals surface area contributed by atoms with Crippen molar-refractivity contribution in [2.75, 3.05) is 23.5 Å². The van der Waals surface area contributed by atoms with E-state index >= 15 is 0 Å². The first-order valence-corrected chi connectivity index (χ1v) is 16.8. The number of benzene rings is 4. The number of aromatic nitrogens is 1. The molecule has 0 radical (unpaired) electrons. The van der Waals surface area contributed by atoms with Crippen molar-refractivity contribution in [1.82, 2.24) is 10.3 Å². The molecule has 4 aromatic carbocycles. The number of methoxy groups -OCH3 is 1. The number of thiazole rings is 1. The van der Waals surface area contributed by atoms with E-state index in [1.54, 1.807) is 49.6 Å². The van der Waals surface area contributed by atoms with Crippen LogP contribution >= 0.6 is 23.1 Å². The molecule has 0 atom stereocenters. The lowest BCUT2D eigenvalue weighted by Gasteiger charge is -2.12. The number of nitrogens with one attached hydrogen (secondary N) is 3. The number of amides is 3. The van der Waals surface area contributed by atoms with Crippen LogP contribution in [0.5, 0.6) is 5.75 Å². The zero-order valence-corrected chi connectivity index (χ0v) is 27.8. The molecular formula is C37H34N4O4S2. The summed E-state index contributed by atoms with van der Waals surface area (Å²) in [6.45, 7) is 4.23. The van der Waals surface area contributed by atoms with Crippen molar-refractivity contribution in [3.63, 3.8) is 0 Å². The predicted molar refractivity (Wildman–Crippen MR) is 191 cm³/mol. The second-order valence-electron chi connectivity index (χ2n) is 10.8. The number of hydrogen-bond donors (Lipinski definition) is 3. The van der Waals surface area contributed by atoms with E-state index in [1.165, 1.54) is 28.7 Å². The minimum atomic E-state index is -0.459. The number of carbonyl (C=O) groups excluding carboxylic acids is 3. The standard InChI is InChI=1S/C37H34N4O4S2/c1-24(2)26-11-9-25(10-12-26)21-32(39-35(43)28-7-5-4-6-8-28)36(44)38-29-15-19-31(20-16-29)46-23-34(42)41-37-40-33(22-47-37)27-13-17-30(45-3)18-14-27/h4-22,24H,23H2,1-3H3,(H,38,44)(H,39,43)(H,40,41,42)/b32-21-. The van der Waals surface area contributed by atoms with Crippen molar-refractivity contribution < 1.29 is 19.1 Å². The molecule has 5 aromatic rings. The van der Waals surface area contributed by atoms with Crippen LogP contribution in [-0.2, 0) is 9.59 Å². The van der Waals surface area contributed by atoms with E-state index in [9.17, 15) is 14.4 Å². The number of anilines is 2. The minimum absolute atomic E-state index is 0.114. The quantitative estimate of drug-likeness (QED) is 0.0921. The molecule has 0 aliphatic rings. The largest absolute Gasteiger partial charge is 0.497 e. The van der Waals surface area contributed by atoms with Crippen molar-refractivity contribution in [1.29, 1.82) is 0 Å². The molecule has 0 aliphatic heterocycles. The summed E-state index contributed by atoms with van der Waals surface area (Å²) < 4.78 is 5.20. The van der Waals surface area contributed by atoms with Gasteiger partial charge in [-0.25, -0.2) is 4.98 Å². The van der Waals surface area contributed by atoms with Crippen LogP contribution in [0.1, 0.15) is 41.3 Å². The summed E-state index contributed by atoms with van der Waals surface area (Å²) in [4.78, 5) is 44.3. The molecule has 238 valence electrons. The monoisotopic (exact) mass is 662 g/mol. The van der Waals surface area contributed by atoms with Crippen LogP contribution in [0.15, 0.2) is 119 Å². The highest BCUT2D eigenvalue weighted by atomic mass is 32.2. The van der Waals surface area contributed by atoms with Gasteiger partial charge in [0.05, 0.1) is 18.6 Å². The fourth-order valence-electron chi connectivity index (χ4n) is 4.45. The van der Waals surface area contributed by atoms with E-state index in [0.717, 1.165) is 27.5 Å². The maximum absolute atomic E-state index is 13.4. The lowest BCUT2D eigenvalue weighted by Crippen LogP contribution is -2.30. The highest BCUT2D eigenvalue weighted by Crippen LogP contribution is 2.27. The third-order valence-electron chi connectivity index (χ3n) is 7.06. The first-order valence-electron chi connectivity index (χ1n) is 14.9. The van der Waals surface area contributed by atoms with E-state index in [0.29, 0.717) is 22.3 Å². The predicted octanol–water partition coefficient (Wildman–Crippen LogP) is 8.08. The molecule has 0 unspecified atom stereocenters. The first kappa shape index (κ1) is 33.2. The lowest BCUT2D eigenvalue weighted by molar-refractivity contribution is -0.114. The topological polar surface area (TPSA) is 109 Å². The molecule has 0 fully saturated rings. The third kappa shape index (κ3) is 9.41. The van der Waals surface area contributed by atoms with Gasteiger partial charge in [-0.15, -0.1) is 23.1 Å². The summed E-state index contributed by atoms with van der Waals surface area (Å²) in [5, 5.41) is 10.9. The maximum Gasteiger partial charge on any atom is 0.272 e. The summed E-state index contributed by atoms with van der Waals surface area (Å²) in [6.07, 6.45) is 1.66. The van der Waals surface area contributed by atoms with E-state index in [1.807, 2.05) is 72.1 Å². The van der Waals surface area contributed by atoms with Crippen molar-refractivity contribution in [2.24, 2.45) is 0 Å². The molecule has 3 amide bonds. The molecule has 10 heteroatoms. The van der Waals surface area contributed by atoms with Crippen molar-refractivity contribution in [3.05, 3.63) is 131 Å². The summed E-state index contributed by atoms with van der Waals surface area (Å²) in [5.41, 5.74) is 4.78. The van der Waals surface area contributed by atoms with Crippen LogP contribution in [0.2, 0.25) is 0 Å². The van der Waals surface area contributed by atoms with Gasteiger partial charge in [-0.3, -0.25) is 14.4 Å². The Bertz CT molecular complexity index is 1850. The zero-order chi connectivity index (χ0) is 33.2. The van der Waals surface area contributed by atoms with E-state index in [-0.39, 0.29) is 23.3 Å². The summed E-state index contributed by atoms with van der Waals surface area (Å²) in [7, 11) is 1.62. The molecular weight excluding hydrogens is 629 g/mol. The Labute approximate surface area is 282 Å². The van der Waals surface area contributed by atoms with Crippen molar-refractivity contribution in [2.45, 2.75) is 24.7 Å². The number of carbonyl (C=O) groups is 3. The lowest BCUT2D eigenvalue weighted by atomic mass is 10.0. The number of nitrogens with zero attached hydrogens (tertiary/aromatic N) is 1. The van der Waals surface area contributed by atoms with Crippen LogP contribution < -0.4 is 20.7 Å². The third-order valence-corrected chi connectivity index (χ3v) is 8.83. The molecule has 47 heavy (non-hydrogen) atoms. The number of ether oxygens (including phenoxy) is 1. The molecule has 0 aliphatic carbocycles. The average Bonchev–Trinajstić information content (AvgIpc) is 3.56. The second-order valence-corrected chi connectivity index (χ2v) is 12.7. The molecule has 0 spiro atoms. The van der Waals surface area contributed by atoms with E-state index in [4.69, 9.17) is 4.74 Å². The SMILES string of the molecule is COc1ccc(-c2csc(NC(=O)CSc3ccc(NC(=O)/C(=C/c4ccc(C(C)C)cc4)NC(=O)c4ccccc4)cc3)n2)cc1. The first-order chi connectivity index (χ1) is 22.8. The van der Waals surface area contributed by atoms with Crippen LogP contribution in [0.3, 0.4) is 0 Å². The number of rotatable bonds is 12. The van der Waals surface area contributed by atoms with Gasteiger partial charge in [-0.05, 0) is 83.8 Å². The van der Waals surface area contributed by atoms with Gasteiger partial charge in [-0.2, -0.15) is 0 Å². The second kappa shape index (κ2) is 15.9. The molecule has 3 N–H and O–H groups in total. The highest BCUT2D eigenvalue weighted by molar-refractivity contribution is 8.00. The number of hydrogen-bond acceptors (Lipinski definition) is 7. The molecule has 0 bridgehead atoms. The summed E-state index contributed by atoms with van der Waals surface area (Å²) in [6, 6.07) is 31.4. The molecule has 0 saturated heterocycles. The average molecular weight is 663 g/mol. The molecule has 1 aromatic heterocycles. The fraction of sp³-hybridized carbons (Fsp3) is 0.135. The van der Waals surface area contributed by atoms with Gasteiger partial charge in [0.1, 0.15) is 11.4 Å². The zero-order valence-electron chi connectivity index (χ0n) is 26.2. The van der Waals surface area contributed by atoms with Gasteiger partial charge in [-0.1, -0.05) is 56.3 Å². The van der Waals surface area contributed by atoms with Crippen LogP contribution in [0.25, 0.3) is 17.3 Å². The van der Waals surface area contributed by atoms with Crippen LogP contribution in [0, 0.1) is 0 Å². The maximum atomic E-state index is 13.4. The summed E-state index contributed by atoms with van der Waals surface area (Å²) in [5.74, 6) is 0.318. The Hall–Kier alpha value is -5.19. The number of thioether (sulfide) groups is 1. The smallest absolute Gasteiger partial charge is 0.272 e. The Morgan fingerprint density at radius 1 is 0.872 bits per heavy atom. The minimum Gasteiger partial charge on any atom is -0.497 e. The molecule has 0 saturated carbocycles. The van der Waals surface area contributed by atoms with Crippen LogP contribution in [0.4, 0.5) is 10.8 Å². The van der Waals surface area contributed by atoms with Crippen molar-refractivity contribution in [3.8, 4) is 17.0 Å². The van der Waals surface area contributed by atoms with Crippen molar-refractivity contribution >= 4 is 57.7 Å². The fourth-order valence-corrected chi connectivity index (χ4v) is 5.88. The van der Waals surface area contributed by atoms with Gasteiger partial charge in [0.25, 0.3) is 11.8 Å². The molecule has 8 nitrogen and oxygen atoms in total. The van der Waals surface area contributed by atoms with Gasteiger partial charge >= 0.3 is 0 Å². The van der Waals surface area contributed by atoms with Gasteiger partial charge in [0.2, 0.25) is 5.91 Å². The van der Waals surface area contributed by atoms with Gasteiger partial charge in [0.15, 0.2) is 5.13 Å². The normalized spacial score (nSPS) is 11.2. The highest BCUT2D eigenvalue weighted by Gasteiger charge is 2.16. The van der Waals surface area contributed by atoms with Crippen LogP contribution in [-0.4, -0.2) is 35.6 Å². The Balaban J connectivity index is 1.19. The Morgan fingerprint density at radius 2 is 1.57 bits per heavy atom. The van der Waals surface area contributed by atoms with E-state index < -0.39 is 5.91 Å². The Kier molecular flexibility index (Phi) is 11.2. The molecule has 5 rings (SSSR count). The van der Waals surface area contributed by atoms with E-state index in [2.05, 4.69) is 34.8 Å². The van der Waals surface area contributed by atoms with Gasteiger partial charge < -0.3 is 20.7 Å².